The van der Waals surface area contributed by atoms with Crippen molar-refractivity contribution in [1.29, 1.82) is 10.8 Å². The van der Waals surface area contributed by atoms with Crippen molar-refractivity contribution in [1.82, 2.24) is 4.90 Å². The number of nitrogen functional groups attached to an aromatic ring is 1. The molecule has 0 bridgehead atoms. The lowest BCUT2D eigenvalue weighted by Gasteiger charge is -2.54. The second kappa shape index (κ2) is 4.58. The molecule has 4 nitrogen and oxygen atoms in total. The van der Waals surface area contributed by atoms with Crippen molar-refractivity contribution in [2.75, 3.05) is 12.8 Å². The molecule has 0 unspecified atom stereocenters. The maximum Gasteiger partial charge on any atom is 0.146 e. The van der Waals surface area contributed by atoms with Crippen LogP contribution < -0.4 is 5.73 Å². The summed E-state index contributed by atoms with van der Waals surface area (Å²) >= 11 is 0. The number of halogens is 1. The fourth-order valence-corrected chi connectivity index (χ4v) is 3.33. The van der Waals surface area contributed by atoms with Crippen molar-refractivity contribution in [2.24, 2.45) is 5.41 Å². The molecule has 1 aromatic carbocycles. The molecule has 0 aromatic heterocycles. The van der Waals surface area contributed by atoms with Gasteiger partial charge < -0.3 is 10.6 Å². The molecule has 1 aliphatic rings. The molecule has 0 radical (unpaired) electrons. The normalized spacial score (nSPS) is 19.0. The lowest BCUT2D eigenvalue weighted by molar-refractivity contribution is 0.102. The van der Waals surface area contributed by atoms with Gasteiger partial charge in [0.25, 0.3) is 0 Å². The molecule has 1 aliphatic carbocycles. The SMILES string of the molecule is CN(C=N)C(=N)C1(c2ccc(F)c(N)c2)CC(C)(C)C1. The maximum atomic E-state index is 13.4. The minimum atomic E-state index is -0.475. The Morgan fingerprint density at radius 3 is 2.45 bits per heavy atom. The molecule has 0 aliphatic heterocycles. The van der Waals surface area contributed by atoms with E-state index in [9.17, 15) is 4.39 Å². The quantitative estimate of drug-likeness (QED) is 0.451. The number of nitrogens with zero attached hydrogens (tertiary/aromatic N) is 1. The number of likely N-dealkylation sites (N-methyl/N-ethyl adjacent to an activating group) is 1. The van der Waals surface area contributed by atoms with Gasteiger partial charge in [-0.2, -0.15) is 0 Å². The van der Waals surface area contributed by atoms with Crippen LogP contribution in [0.15, 0.2) is 18.2 Å². The monoisotopic (exact) mass is 276 g/mol. The van der Waals surface area contributed by atoms with E-state index in [1.54, 1.807) is 19.2 Å². The summed E-state index contributed by atoms with van der Waals surface area (Å²) < 4.78 is 13.4. The summed E-state index contributed by atoms with van der Waals surface area (Å²) in [5, 5.41) is 15.7. The van der Waals surface area contributed by atoms with Crippen LogP contribution in [0.25, 0.3) is 0 Å². The second-order valence-corrected chi connectivity index (χ2v) is 6.42. The molecule has 0 spiro atoms. The summed E-state index contributed by atoms with van der Waals surface area (Å²) in [5.41, 5.74) is 6.30. The molecular formula is C15H21FN4. The first-order valence-corrected chi connectivity index (χ1v) is 6.60. The fraction of sp³-hybridized carbons (Fsp3) is 0.467. The first-order chi connectivity index (χ1) is 9.22. The van der Waals surface area contributed by atoms with Gasteiger partial charge in [-0.05, 0) is 36.0 Å². The third kappa shape index (κ3) is 2.17. The molecule has 20 heavy (non-hydrogen) atoms. The topological polar surface area (TPSA) is 77.0 Å². The van der Waals surface area contributed by atoms with E-state index in [0.717, 1.165) is 24.7 Å². The van der Waals surface area contributed by atoms with Crippen molar-refractivity contribution in [2.45, 2.75) is 32.1 Å². The Bertz CT molecular complexity index is 557. The van der Waals surface area contributed by atoms with E-state index in [0.29, 0.717) is 5.84 Å². The van der Waals surface area contributed by atoms with E-state index in [-0.39, 0.29) is 11.1 Å². The molecule has 4 N–H and O–H groups in total. The summed E-state index contributed by atoms with van der Waals surface area (Å²) in [5.74, 6) is -0.0766. The van der Waals surface area contributed by atoms with Crippen LogP contribution in [0.1, 0.15) is 32.3 Å². The Labute approximate surface area is 118 Å². The first kappa shape index (κ1) is 14.5. The standard InChI is InChI=1S/C15H21FN4/c1-14(2)7-15(8-14,13(19)20(3)9-17)10-4-5-11(16)12(18)6-10/h4-6,9,17,19H,7-8,18H2,1-3H3. The van der Waals surface area contributed by atoms with Crippen LogP contribution in [0, 0.1) is 22.1 Å². The summed E-state index contributed by atoms with van der Waals surface area (Å²) in [6.07, 6.45) is 2.71. The highest BCUT2D eigenvalue weighted by Crippen LogP contribution is 2.56. The van der Waals surface area contributed by atoms with Gasteiger partial charge in [0.1, 0.15) is 11.7 Å². The van der Waals surface area contributed by atoms with Gasteiger partial charge in [0.15, 0.2) is 0 Å². The summed E-state index contributed by atoms with van der Waals surface area (Å²) in [4.78, 5) is 1.49. The molecule has 0 saturated heterocycles. The van der Waals surface area contributed by atoms with Gasteiger partial charge in [-0.25, -0.2) is 4.39 Å². The average molecular weight is 276 g/mol. The van der Waals surface area contributed by atoms with Gasteiger partial charge >= 0.3 is 0 Å². The van der Waals surface area contributed by atoms with Crippen LogP contribution in [0.2, 0.25) is 0 Å². The first-order valence-electron chi connectivity index (χ1n) is 6.60. The van der Waals surface area contributed by atoms with Crippen molar-refractivity contribution in [3.8, 4) is 0 Å². The smallest absolute Gasteiger partial charge is 0.146 e. The molecule has 108 valence electrons. The molecule has 0 amide bonds. The van der Waals surface area contributed by atoms with Crippen LogP contribution in [-0.4, -0.2) is 24.1 Å². The number of benzene rings is 1. The Kier molecular flexibility index (Phi) is 3.32. The second-order valence-electron chi connectivity index (χ2n) is 6.42. The van der Waals surface area contributed by atoms with E-state index in [4.69, 9.17) is 16.6 Å². The van der Waals surface area contributed by atoms with Crippen LogP contribution in [0.5, 0.6) is 0 Å². The number of hydrogen-bond donors (Lipinski definition) is 3. The molecular weight excluding hydrogens is 255 g/mol. The zero-order chi connectivity index (χ0) is 15.1. The van der Waals surface area contributed by atoms with E-state index in [1.807, 2.05) is 0 Å². The van der Waals surface area contributed by atoms with Gasteiger partial charge in [0, 0.05) is 7.05 Å². The molecule has 0 atom stereocenters. The Morgan fingerprint density at radius 2 is 2.00 bits per heavy atom. The van der Waals surface area contributed by atoms with Gasteiger partial charge in [0.2, 0.25) is 0 Å². The van der Waals surface area contributed by atoms with Crippen molar-refractivity contribution >= 4 is 17.9 Å². The predicted molar refractivity (Wildman–Crippen MR) is 79.8 cm³/mol. The fourth-order valence-electron chi connectivity index (χ4n) is 3.33. The van der Waals surface area contributed by atoms with Gasteiger partial charge in [0.05, 0.1) is 17.4 Å². The lowest BCUT2D eigenvalue weighted by Crippen LogP contribution is -2.56. The number of rotatable bonds is 3. The number of amidine groups is 1. The molecule has 2 rings (SSSR count). The predicted octanol–water partition coefficient (Wildman–Crippen LogP) is 2.98. The summed E-state index contributed by atoms with van der Waals surface area (Å²) in [6.45, 7) is 4.30. The zero-order valence-corrected chi connectivity index (χ0v) is 12.1. The molecule has 1 fully saturated rings. The lowest BCUT2D eigenvalue weighted by atomic mass is 9.51. The molecule has 1 saturated carbocycles. The van der Waals surface area contributed by atoms with E-state index in [1.165, 1.54) is 11.0 Å². The number of anilines is 1. The highest BCUT2D eigenvalue weighted by atomic mass is 19.1. The number of nitrogens with one attached hydrogen (secondary N) is 2. The van der Waals surface area contributed by atoms with Crippen LogP contribution in [0.4, 0.5) is 10.1 Å². The maximum absolute atomic E-state index is 13.4. The van der Waals surface area contributed by atoms with Crippen molar-refractivity contribution in [3.63, 3.8) is 0 Å². The molecule has 5 heteroatoms. The molecule has 1 aromatic rings. The molecule has 0 heterocycles. The van der Waals surface area contributed by atoms with Gasteiger partial charge in [-0.3, -0.25) is 10.8 Å². The summed E-state index contributed by atoms with van der Waals surface area (Å²) in [7, 11) is 1.69. The highest BCUT2D eigenvalue weighted by Gasteiger charge is 2.54. The van der Waals surface area contributed by atoms with E-state index >= 15 is 0 Å². The van der Waals surface area contributed by atoms with Gasteiger partial charge in [-0.15, -0.1) is 0 Å². The van der Waals surface area contributed by atoms with Crippen molar-refractivity contribution in [3.05, 3.63) is 29.6 Å². The van der Waals surface area contributed by atoms with E-state index < -0.39 is 11.2 Å². The average Bonchev–Trinajstić information content (AvgIpc) is 2.36. The van der Waals surface area contributed by atoms with E-state index in [2.05, 4.69) is 13.8 Å². The zero-order valence-electron chi connectivity index (χ0n) is 12.1. The van der Waals surface area contributed by atoms with Crippen molar-refractivity contribution < 1.29 is 4.39 Å². The minimum absolute atomic E-state index is 0.108. The van der Waals surface area contributed by atoms with Crippen LogP contribution in [-0.2, 0) is 5.41 Å². The number of hydrogen-bond acceptors (Lipinski definition) is 3. The van der Waals surface area contributed by atoms with Crippen LogP contribution >= 0.6 is 0 Å². The largest absolute Gasteiger partial charge is 0.396 e. The number of nitrogens with two attached hydrogens (primary N) is 1. The highest BCUT2D eigenvalue weighted by molar-refractivity contribution is 5.98. The Morgan fingerprint density at radius 1 is 1.40 bits per heavy atom. The van der Waals surface area contributed by atoms with Gasteiger partial charge in [-0.1, -0.05) is 19.9 Å². The summed E-state index contributed by atoms with van der Waals surface area (Å²) in [6, 6.07) is 4.68. The minimum Gasteiger partial charge on any atom is -0.396 e. The Hall–Kier alpha value is -1.91. The third-order valence-electron chi connectivity index (χ3n) is 4.11. The van der Waals surface area contributed by atoms with Crippen LogP contribution in [0.3, 0.4) is 0 Å². The third-order valence-corrected chi connectivity index (χ3v) is 4.11. The Balaban J connectivity index is 2.46.